The van der Waals surface area contributed by atoms with Gasteiger partial charge in [0.2, 0.25) is 0 Å². The van der Waals surface area contributed by atoms with Crippen LogP contribution in [0.5, 0.6) is 0 Å². The summed E-state index contributed by atoms with van der Waals surface area (Å²) in [5, 5.41) is 6.34. The van der Waals surface area contributed by atoms with Crippen molar-refractivity contribution in [1.82, 2.24) is 10.6 Å². The zero-order chi connectivity index (χ0) is 16.7. The van der Waals surface area contributed by atoms with Crippen molar-refractivity contribution in [1.29, 1.82) is 0 Å². The van der Waals surface area contributed by atoms with Gasteiger partial charge in [-0.15, -0.1) is 11.3 Å². The number of methoxy groups -OCH3 is 1. The van der Waals surface area contributed by atoms with E-state index in [0.717, 1.165) is 27.0 Å². The summed E-state index contributed by atoms with van der Waals surface area (Å²) in [4.78, 5) is 13.5. The van der Waals surface area contributed by atoms with Crippen LogP contribution >= 0.6 is 22.9 Å². The van der Waals surface area contributed by atoms with Gasteiger partial charge in [-0.05, 0) is 68.4 Å². The third-order valence-electron chi connectivity index (χ3n) is 6.06. The Balaban J connectivity index is 1.33. The van der Waals surface area contributed by atoms with Gasteiger partial charge in [0.15, 0.2) is 0 Å². The van der Waals surface area contributed by atoms with Gasteiger partial charge in [-0.1, -0.05) is 11.6 Å². The first kappa shape index (κ1) is 16.7. The maximum atomic E-state index is 12.5. The number of amides is 2. The molecule has 0 saturated heterocycles. The van der Waals surface area contributed by atoms with Crippen LogP contribution in [0.3, 0.4) is 0 Å². The fraction of sp³-hybridized carbons (Fsp3) is 0.722. The van der Waals surface area contributed by atoms with Gasteiger partial charge in [-0.2, -0.15) is 0 Å². The van der Waals surface area contributed by atoms with Crippen LogP contribution in [0.2, 0.25) is 4.34 Å². The molecule has 4 fully saturated rings. The Morgan fingerprint density at radius 1 is 1.29 bits per heavy atom. The van der Waals surface area contributed by atoms with E-state index in [9.17, 15) is 4.79 Å². The Labute approximate surface area is 152 Å². The van der Waals surface area contributed by atoms with Crippen molar-refractivity contribution in [3.05, 3.63) is 21.3 Å². The number of carbonyl (C=O) groups excluding carboxylic acids is 1. The average molecular weight is 369 g/mol. The number of hydrogen-bond donors (Lipinski definition) is 2. The van der Waals surface area contributed by atoms with Crippen LogP contribution in [0.1, 0.15) is 49.5 Å². The number of thiophene rings is 1. The predicted octanol–water partition coefficient (Wildman–Crippen LogP) is 4.36. The third kappa shape index (κ3) is 3.31. The molecule has 0 radical (unpaired) electrons. The molecule has 1 unspecified atom stereocenters. The normalized spacial score (nSPS) is 35.0. The predicted molar refractivity (Wildman–Crippen MR) is 96.5 cm³/mol. The summed E-state index contributed by atoms with van der Waals surface area (Å²) in [6, 6.07) is 3.77. The molecule has 1 aromatic rings. The van der Waals surface area contributed by atoms with Crippen molar-refractivity contribution < 1.29 is 9.53 Å². The highest BCUT2D eigenvalue weighted by Gasteiger charge is 2.51. The molecule has 0 aromatic carbocycles. The van der Waals surface area contributed by atoms with E-state index < -0.39 is 0 Å². The van der Waals surface area contributed by atoms with Crippen LogP contribution in [0.4, 0.5) is 4.79 Å². The van der Waals surface area contributed by atoms with Crippen molar-refractivity contribution in [3.8, 4) is 0 Å². The first-order valence-electron chi connectivity index (χ1n) is 8.89. The van der Waals surface area contributed by atoms with Crippen LogP contribution in [0.25, 0.3) is 0 Å². The quantitative estimate of drug-likeness (QED) is 0.811. The SMILES string of the molecule is COC(CNC(=O)NC12CC3CC(CC(C3)C1)C2)c1ccc(Cl)s1. The monoisotopic (exact) mass is 368 g/mol. The highest BCUT2D eigenvalue weighted by atomic mass is 35.5. The fourth-order valence-electron chi connectivity index (χ4n) is 5.54. The van der Waals surface area contributed by atoms with Gasteiger partial charge in [0.1, 0.15) is 6.10 Å². The number of halogens is 1. The third-order valence-corrected chi connectivity index (χ3v) is 7.38. The second kappa shape index (κ2) is 6.50. The zero-order valence-electron chi connectivity index (χ0n) is 14.0. The van der Waals surface area contributed by atoms with E-state index in [-0.39, 0.29) is 17.7 Å². The van der Waals surface area contributed by atoms with E-state index in [1.54, 1.807) is 7.11 Å². The minimum atomic E-state index is -0.149. The largest absolute Gasteiger partial charge is 0.374 e. The van der Waals surface area contributed by atoms with Gasteiger partial charge in [0.25, 0.3) is 0 Å². The molecular formula is C18H25ClN2O2S. The molecule has 24 heavy (non-hydrogen) atoms. The first-order valence-corrected chi connectivity index (χ1v) is 10.1. The average Bonchev–Trinajstić information content (AvgIpc) is 2.92. The Morgan fingerprint density at radius 3 is 2.42 bits per heavy atom. The number of rotatable bonds is 5. The molecule has 132 valence electrons. The Bertz CT molecular complexity index is 583. The molecule has 1 atom stereocenters. The second-order valence-electron chi connectivity index (χ2n) is 7.90. The molecule has 5 rings (SSSR count). The number of nitrogens with one attached hydrogen (secondary N) is 2. The van der Waals surface area contributed by atoms with E-state index >= 15 is 0 Å². The van der Waals surface area contributed by atoms with Crippen molar-refractivity contribution in [3.63, 3.8) is 0 Å². The summed E-state index contributed by atoms with van der Waals surface area (Å²) in [5.74, 6) is 2.49. The zero-order valence-corrected chi connectivity index (χ0v) is 15.6. The first-order chi connectivity index (χ1) is 11.5. The molecule has 0 spiro atoms. The van der Waals surface area contributed by atoms with Gasteiger partial charge in [0.05, 0.1) is 10.9 Å². The number of carbonyl (C=O) groups is 1. The summed E-state index contributed by atoms with van der Waals surface area (Å²) in [7, 11) is 1.66. The molecule has 1 aromatic heterocycles. The highest BCUT2D eigenvalue weighted by Crippen LogP contribution is 2.55. The standard InChI is InChI=1S/C18H25ClN2O2S/c1-23-14(15-2-3-16(19)24-15)10-20-17(22)21-18-7-11-4-12(8-18)6-13(5-11)9-18/h2-3,11-14H,4-10H2,1H3,(H2,20,21,22). The maximum absolute atomic E-state index is 12.5. The van der Waals surface area contributed by atoms with Crippen molar-refractivity contribution in [2.75, 3.05) is 13.7 Å². The summed E-state index contributed by atoms with van der Waals surface area (Å²) < 4.78 is 6.24. The van der Waals surface area contributed by atoms with Gasteiger partial charge in [0, 0.05) is 17.5 Å². The Morgan fingerprint density at radius 2 is 1.92 bits per heavy atom. The summed E-state index contributed by atoms with van der Waals surface area (Å²) in [5.41, 5.74) is 0.0492. The maximum Gasteiger partial charge on any atom is 0.315 e. The van der Waals surface area contributed by atoms with E-state index in [2.05, 4.69) is 10.6 Å². The van der Waals surface area contributed by atoms with Crippen molar-refractivity contribution in [2.45, 2.75) is 50.2 Å². The molecule has 4 aliphatic rings. The topological polar surface area (TPSA) is 50.4 Å². The van der Waals surface area contributed by atoms with E-state index in [4.69, 9.17) is 16.3 Å². The smallest absolute Gasteiger partial charge is 0.315 e. The Hall–Kier alpha value is -0.780. The molecular weight excluding hydrogens is 344 g/mol. The minimum Gasteiger partial charge on any atom is -0.374 e. The minimum absolute atomic E-state index is 0.0492. The second-order valence-corrected chi connectivity index (χ2v) is 9.65. The molecule has 2 N–H and O–H groups in total. The van der Waals surface area contributed by atoms with E-state index in [1.165, 1.54) is 49.9 Å². The van der Waals surface area contributed by atoms with Gasteiger partial charge >= 0.3 is 6.03 Å². The van der Waals surface area contributed by atoms with E-state index in [1.807, 2.05) is 12.1 Å². The summed E-state index contributed by atoms with van der Waals surface area (Å²) in [6.45, 7) is 0.464. The lowest BCUT2D eigenvalue weighted by Crippen LogP contribution is -2.61. The molecule has 1 heterocycles. The molecule has 4 saturated carbocycles. The number of urea groups is 1. The number of ether oxygens (including phenoxy) is 1. The van der Waals surface area contributed by atoms with Crippen molar-refractivity contribution >= 4 is 29.0 Å². The van der Waals surface area contributed by atoms with Crippen LogP contribution in [-0.4, -0.2) is 25.2 Å². The van der Waals surface area contributed by atoms with Crippen molar-refractivity contribution in [2.24, 2.45) is 17.8 Å². The lowest BCUT2D eigenvalue weighted by Gasteiger charge is -2.56. The lowest BCUT2D eigenvalue weighted by atomic mass is 9.53. The highest BCUT2D eigenvalue weighted by molar-refractivity contribution is 7.16. The molecule has 4 bridgehead atoms. The molecule has 6 heteroatoms. The molecule has 0 aliphatic heterocycles. The molecule has 2 amide bonds. The molecule has 4 nitrogen and oxygen atoms in total. The van der Waals surface area contributed by atoms with Gasteiger partial charge in [-0.25, -0.2) is 4.79 Å². The summed E-state index contributed by atoms with van der Waals surface area (Å²) in [6.07, 6.45) is 7.50. The fourth-order valence-corrected chi connectivity index (χ4v) is 6.67. The van der Waals surface area contributed by atoms with Crippen LogP contribution < -0.4 is 10.6 Å². The van der Waals surface area contributed by atoms with Crippen LogP contribution in [0, 0.1) is 17.8 Å². The Kier molecular flexibility index (Phi) is 4.52. The van der Waals surface area contributed by atoms with Crippen LogP contribution in [-0.2, 0) is 4.74 Å². The van der Waals surface area contributed by atoms with Gasteiger partial charge in [-0.3, -0.25) is 0 Å². The van der Waals surface area contributed by atoms with Crippen LogP contribution in [0.15, 0.2) is 12.1 Å². The lowest BCUT2D eigenvalue weighted by molar-refractivity contribution is -0.0137. The van der Waals surface area contributed by atoms with E-state index in [0.29, 0.717) is 6.54 Å². The van der Waals surface area contributed by atoms with Gasteiger partial charge < -0.3 is 15.4 Å². The number of hydrogen-bond acceptors (Lipinski definition) is 3. The summed E-state index contributed by atoms with van der Waals surface area (Å²) >= 11 is 7.49. The molecule has 4 aliphatic carbocycles.